The lowest BCUT2D eigenvalue weighted by molar-refractivity contribution is 0.0524. The normalized spacial score (nSPS) is 12.7. The van der Waals surface area contributed by atoms with Crippen LogP contribution in [0.5, 0.6) is 11.5 Å². The van der Waals surface area contributed by atoms with Crippen LogP contribution in [0, 0.1) is 0 Å². The first-order valence-corrected chi connectivity index (χ1v) is 6.32. The van der Waals surface area contributed by atoms with Gasteiger partial charge in [-0.2, -0.15) is 0 Å². The number of aromatic hydroxyl groups is 1. The number of carbonyl (C=O) groups excluding carboxylic acids is 1. The number of carbonyl (C=O) groups is 1. The number of phenols is 1. The number of alkyl carbamates (subject to hydrolysis) is 1. The molecule has 112 valence electrons. The topological polar surface area (TPSA) is 93.8 Å². The molecule has 6 heteroatoms. The summed E-state index contributed by atoms with van der Waals surface area (Å²) in [7, 11) is 1.47. The molecule has 1 unspecified atom stereocenters. The fraction of sp³-hybridized carbons (Fsp3) is 0.500. The van der Waals surface area contributed by atoms with Crippen LogP contribution in [0.15, 0.2) is 18.2 Å². The van der Waals surface area contributed by atoms with E-state index in [9.17, 15) is 9.90 Å². The zero-order valence-corrected chi connectivity index (χ0v) is 12.3. The van der Waals surface area contributed by atoms with Crippen molar-refractivity contribution in [1.29, 1.82) is 0 Å². The van der Waals surface area contributed by atoms with Gasteiger partial charge < -0.3 is 25.6 Å². The van der Waals surface area contributed by atoms with Crippen LogP contribution in [0.3, 0.4) is 0 Å². The Balaban J connectivity index is 2.57. The molecule has 1 aromatic rings. The van der Waals surface area contributed by atoms with E-state index in [2.05, 4.69) is 5.32 Å². The van der Waals surface area contributed by atoms with Gasteiger partial charge in [-0.05, 0) is 38.5 Å². The summed E-state index contributed by atoms with van der Waals surface area (Å²) in [5, 5.41) is 12.3. The van der Waals surface area contributed by atoms with Crippen LogP contribution in [0.1, 0.15) is 32.4 Å². The molecule has 0 bridgehead atoms. The predicted molar refractivity (Wildman–Crippen MR) is 75.8 cm³/mol. The molecule has 0 aliphatic heterocycles. The fourth-order valence-corrected chi connectivity index (χ4v) is 1.56. The van der Waals surface area contributed by atoms with Crippen LogP contribution in [0.25, 0.3) is 0 Å². The standard InChI is InChI=1S/C14H22N2O4/c1-14(2,3)20-13(18)16-8-10(15)9-5-6-12(19-4)11(17)7-9/h5-7,10,17H,8,15H2,1-4H3,(H,16,18). The number of nitrogens with one attached hydrogen (secondary N) is 1. The lowest BCUT2D eigenvalue weighted by Gasteiger charge is -2.21. The van der Waals surface area contributed by atoms with Crippen molar-refractivity contribution in [2.75, 3.05) is 13.7 Å². The molecule has 20 heavy (non-hydrogen) atoms. The number of rotatable bonds is 4. The van der Waals surface area contributed by atoms with E-state index in [4.69, 9.17) is 15.2 Å². The van der Waals surface area contributed by atoms with Crippen LogP contribution >= 0.6 is 0 Å². The van der Waals surface area contributed by atoms with Crippen molar-refractivity contribution in [2.24, 2.45) is 5.73 Å². The zero-order valence-electron chi connectivity index (χ0n) is 12.3. The Kier molecular flexibility index (Phi) is 5.21. The minimum atomic E-state index is -0.549. The average molecular weight is 282 g/mol. The lowest BCUT2D eigenvalue weighted by Crippen LogP contribution is -2.36. The summed E-state index contributed by atoms with van der Waals surface area (Å²) in [5.74, 6) is 0.388. The lowest BCUT2D eigenvalue weighted by atomic mass is 10.1. The van der Waals surface area contributed by atoms with Gasteiger partial charge in [0.1, 0.15) is 5.60 Å². The third-order valence-corrected chi connectivity index (χ3v) is 2.50. The Morgan fingerprint density at radius 2 is 2.10 bits per heavy atom. The van der Waals surface area contributed by atoms with Crippen molar-refractivity contribution in [3.05, 3.63) is 23.8 Å². The largest absolute Gasteiger partial charge is 0.504 e. The molecule has 1 aromatic carbocycles. The van der Waals surface area contributed by atoms with E-state index < -0.39 is 17.7 Å². The molecule has 0 heterocycles. The summed E-state index contributed by atoms with van der Waals surface area (Å²) in [6.07, 6.45) is -0.523. The molecule has 1 atom stereocenters. The van der Waals surface area contributed by atoms with Gasteiger partial charge in [-0.25, -0.2) is 4.79 Å². The van der Waals surface area contributed by atoms with E-state index in [-0.39, 0.29) is 12.3 Å². The number of nitrogens with two attached hydrogens (primary N) is 1. The fourth-order valence-electron chi connectivity index (χ4n) is 1.56. The molecule has 0 aromatic heterocycles. The summed E-state index contributed by atoms with van der Waals surface area (Å²) < 4.78 is 10.1. The van der Waals surface area contributed by atoms with Gasteiger partial charge in [0.05, 0.1) is 7.11 Å². The van der Waals surface area contributed by atoms with Crippen LogP contribution in [-0.4, -0.2) is 30.5 Å². The summed E-state index contributed by atoms with van der Waals surface area (Å²) >= 11 is 0. The third kappa shape index (κ3) is 4.97. The number of methoxy groups -OCH3 is 1. The maximum atomic E-state index is 11.5. The number of phenolic OH excluding ortho intramolecular Hbond substituents is 1. The van der Waals surface area contributed by atoms with Crippen molar-refractivity contribution in [3.63, 3.8) is 0 Å². The Morgan fingerprint density at radius 3 is 2.60 bits per heavy atom. The number of amides is 1. The van der Waals surface area contributed by atoms with Crippen LogP contribution in [-0.2, 0) is 4.74 Å². The van der Waals surface area contributed by atoms with Crippen molar-refractivity contribution in [3.8, 4) is 11.5 Å². The summed E-state index contributed by atoms with van der Waals surface area (Å²) in [6.45, 7) is 5.57. The van der Waals surface area contributed by atoms with Gasteiger partial charge in [0.25, 0.3) is 0 Å². The Bertz CT molecular complexity index is 469. The second-order valence-corrected chi connectivity index (χ2v) is 5.42. The molecule has 1 rings (SSSR count). The third-order valence-electron chi connectivity index (χ3n) is 2.50. The van der Waals surface area contributed by atoms with Gasteiger partial charge in [-0.15, -0.1) is 0 Å². The highest BCUT2D eigenvalue weighted by Gasteiger charge is 2.17. The van der Waals surface area contributed by atoms with Crippen molar-refractivity contribution in [1.82, 2.24) is 5.32 Å². The van der Waals surface area contributed by atoms with Gasteiger partial charge in [0.2, 0.25) is 0 Å². The van der Waals surface area contributed by atoms with Gasteiger partial charge in [0, 0.05) is 12.6 Å². The van der Waals surface area contributed by atoms with E-state index >= 15 is 0 Å². The Morgan fingerprint density at radius 1 is 1.45 bits per heavy atom. The maximum absolute atomic E-state index is 11.5. The molecular weight excluding hydrogens is 260 g/mol. The molecule has 0 spiro atoms. The molecule has 0 radical (unpaired) electrons. The van der Waals surface area contributed by atoms with E-state index in [1.165, 1.54) is 13.2 Å². The highest BCUT2D eigenvalue weighted by Crippen LogP contribution is 2.28. The van der Waals surface area contributed by atoms with E-state index in [0.29, 0.717) is 11.3 Å². The molecule has 6 nitrogen and oxygen atoms in total. The number of hydrogen-bond acceptors (Lipinski definition) is 5. The predicted octanol–water partition coefficient (Wildman–Crippen LogP) is 1.93. The molecular formula is C14H22N2O4. The van der Waals surface area contributed by atoms with E-state index in [1.54, 1.807) is 32.9 Å². The molecule has 0 aliphatic rings. The van der Waals surface area contributed by atoms with Crippen molar-refractivity contribution < 1.29 is 19.4 Å². The highest BCUT2D eigenvalue weighted by atomic mass is 16.6. The quantitative estimate of drug-likeness (QED) is 0.784. The van der Waals surface area contributed by atoms with Crippen LogP contribution in [0.2, 0.25) is 0 Å². The highest BCUT2D eigenvalue weighted by molar-refractivity contribution is 5.67. The summed E-state index contributed by atoms with van der Waals surface area (Å²) in [5.41, 5.74) is 6.09. The molecule has 0 aliphatic carbocycles. The number of hydrogen-bond donors (Lipinski definition) is 3. The SMILES string of the molecule is COc1ccc(C(N)CNC(=O)OC(C)(C)C)cc1O. The van der Waals surface area contributed by atoms with Crippen LogP contribution < -0.4 is 15.8 Å². The minimum Gasteiger partial charge on any atom is -0.504 e. The first kappa shape index (κ1) is 16.1. The molecule has 0 fully saturated rings. The first-order valence-electron chi connectivity index (χ1n) is 6.32. The van der Waals surface area contributed by atoms with Gasteiger partial charge in [-0.1, -0.05) is 6.07 Å². The minimum absolute atomic E-state index is 0.0118. The Hall–Kier alpha value is -1.95. The second-order valence-electron chi connectivity index (χ2n) is 5.42. The monoisotopic (exact) mass is 282 g/mol. The van der Waals surface area contributed by atoms with Crippen LogP contribution in [0.4, 0.5) is 4.79 Å². The molecule has 1 amide bonds. The van der Waals surface area contributed by atoms with E-state index in [0.717, 1.165) is 0 Å². The number of ether oxygens (including phenoxy) is 2. The first-order chi connectivity index (χ1) is 9.23. The molecule has 4 N–H and O–H groups in total. The smallest absolute Gasteiger partial charge is 0.407 e. The second kappa shape index (κ2) is 6.47. The van der Waals surface area contributed by atoms with Gasteiger partial charge in [-0.3, -0.25) is 0 Å². The molecule has 0 saturated carbocycles. The Labute approximate surface area is 118 Å². The van der Waals surface area contributed by atoms with Gasteiger partial charge in [0.15, 0.2) is 11.5 Å². The average Bonchev–Trinajstić information content (AvgIpc) is 2.33. The number of benzene rings is 1. The van der Waals surface area contributed by atoms with Gasteiger partial charge >= 0.3 is 6.09 Å². The maximum Gasteiger partial charge on any atom is 0.407 e. The van der Waals surface area contributed by atoms with Crippen molar-refractivity contribution in [2.45, 2.75) is 32.4 Å². The summed E-state index contributed by atoms with van der Waals surface area (Å²) in [4.78, 5) is 11.5. The molecule has 0 saturated heterocycles. The van der Waals surface area contributed by atoms with E-state index in [1.807, 2.05) is 0 Å². The zero-order chi connectivity index (χ0) is 15.3. The summed E-state index contributed by atoms with van der Waals surface area (Å²) in [6, 6.07) is 4.43. The van der Waals surface area contributed by atoms with Crippen molar-refractivity contribution >= 4 is 6.09 Å².